The Balaban J connectivity index is 0.000000746. The third-order valence-corrected chi connectivity index (χ3v) is 5.73. The van der Waals surface area contributed by atoms with Crippen LogP contribution in [0.15, 0.2) is 19.3 Å². The van der Waals surface area contributed by atoms with E-state index in [1.807, 2.05) is 64.2 Å². The molecule has 4 fully saturated rings. The average molecular weight is 759 g/mol. The van der Waals surface area contributed by atoms with Gasteiger partial charge in [0.1, 0.15) is 0 Å². The van der Waals surface area contributed by atoms with Crippen molar-refractivity contribution in [3.05, 3.63) is 147 Å². The molecule has 0 bridgehead atoms. The molecule has 0 aromatic carbocycles. The minimum Gasteiger partial charge on any atom is -0.294 e. The number of allylic oxidation sites excluding steroid dienone is 2. The van der Waals surface area contributed by atoms with Crippen LogP contribution in [-0.2, 0) is 34.1 Å². The Hall–Kier alpha value is 1.94. The van der Waals surface area contributed by atoms with Crippen molar-refractivity contribution in [2.45, 2.75) is 13.3 Å². The van der Waals surface area contributed by atoms with E-state index in [9.17, 15) is 0 Å². The fourth-order valence-corrected chi connectivity index (χ4v) is 4.71. The maximum absolute atomic E-state index is 2.52. The van der Waals surface area contributed by atoms with Gasteiger partial charge in [0, 0.05) is 32.1 Å². The number of halogens is 2. The summed E-state index contributed by atoms with van der Waals surface area (Å²) in [4.78, 5) is 2.52. The van der Waals surface area contributed by atoms with Gasteiger partial charge in [-0.15, -0.1) is 0 Å². The zero-order valence-corrected chi connectivity index (χ0v) is 25.8. The Bertz CT molecular complexity index is 459. The van der Waals surface area contributed by atoms with Crippen LogP contribution in [0.2, 0.25) is 0 Å². The molecular formula is C29H31Fe2I2N+4. The van der Waals surface area contributed by atoms with Crippen molar-refractivity contribution in [3.63, 3.8) is 0 Å². The fraction of sp³-hybridized carbons (Fsp3) is 0.172. The van der Waals surface area contributed by atoms with Crippen LogP contribution in [0.25, 0.3) is 0 Å². The smallest absolute Gasteiger partial charge is 0.294 e. The van der Waals surface area contributed by atoms with E-state index >= 15 is 0 Å². The summed E-state index contributed by atoms with van der Waals surface area (Å²) < 4.78 is 2.77. The summed E-state index contributed by atoms with van der Waals surface area (Å²) in [5, 5.41) is 0. The van der Waals surface area contributed by atoms with Crippen LogP contribution in [0.4, 0.5) is 0 Å². The van der Waals surface area contributed by atoms with E-state index in [1.54, 1.807) is 0 Å². The van der Waals surface area contributed by atoms with Crippen molar-refractivity contribution in [2.24, 2.45) is 0 Å². The number of rotatable bonds is 8. The van der Waals surface area contributed by atoms with Gasteiger partial charge in [-0.3, -0.25) is 4.90 Å². The maximum atomic E-state index is 2.52. The second kappa shape index (κ2) is 24.0. The van der Waals surface area contributed by atoms with Crippen molar-refractivity contribution in [1.29, 1.82) is 0 Å². The molecule has 0 spiro atoms. The zero-order valence-electron chi connectivity index (χ0n) is 19.3. The molecule has 0 heterocycles. The summed E-state index contributed by atoms with van der Waals surface area (Å²) in [7, 11) is 0. The van der Waals surface area contributed by atoms with Crippen molar-refractivity contribution < 1.29 is 34.1 Å². The van der Waals surface area contributed by atoms with Crippen LogP contribution in [0, 0.1) is 127 Å². The normalized spacial score (nSPS) is 21.4. The first-order chi connectivity index (χ1) is 15.7. The first kappa shape index (κ1) is 35.9. The van der Waals surface area contributed by atoms with E-state index < -0.39 is 0 Å². The van der Waals surface area contributed by atoms with Gasteiger partial charge in [-0.05, 0) is 174 Å². The standard InChI is InChI=1S/C19H21I2N.2C5H5.2Fe/c1-2-11-22(14-18(20)12-16-7-3-4-8-16)15-19(21)13-17-9-5-6-10-17;2*1-2-4-5-3-1;;/h3-10,12-13H,2,11,14-15H2,1H3;2*1-5H;;/q;;;2*+2/b18-12-,19-13-;;;;. The molecule has 0 atom stereocenters. The van der Waals surface area contributed by atoms with Gasteiger partial charge in [0.25, 0.3) is 0 Å². The van der Waals surface area contributed by atoms with Crippen LogP contribution in [-0.4, -0.2) is 24.5 Å². The third-order valence-electron chi connectivity index (χ3n) is 4.42. The van der Waals surface area contributed by atoms with Gasteiger partial charge in [0.2, 0.25) is 0 Å². The molecule has 0 aliphatic heterocycles. The molecular weight excluding hydrogens is 728 g/mol. The summed E-state index contributed by atoms with van der Waals surface area (Å²) in [6, 6.07) is 0. The zero-order chi connectivity index (χ0) is 22.9. The van der Waals surface area contributed by atoms with E-state index in [1.165, 1.54) is 25.4 Å². The van der Waals surface area contributed by atoms with E-state index in [4.69, 9.17) is 0 Å². The molecule has 4 rings (SSSR count). The van der Waals surface area contributed by atoms with E-state index in [2.05, 4.69) is 121 Å². The number of nitrogens with zero attached hydrogens (tertiary/aromatic N) is 1. The molecule has 178 valence electrons. The summed E-state index contributed by atoms with van der Waals surface area (Å²) in [5.41, 5.74) is 0. The molecule has 0 amide bonds. The van der Waals surface area contributed by atoms with Crippen molar-refractivity contribution in [1.82, 2.24) is 4.90 Å². The molecule has 4 aliphatic carbocycles. The van der Waals surface area contributed by atoms with Crippen molar-refractivity contribution in [2.75, 3.05) is 19.6 Å². The summed E-state index contributed by atoms with van der Waals surface area (Å²) >= 11 is 4.93. The fourth-order valence-electron chi connectivity index (χ4n) is 3.02. The van der Waals surface area contributed by atoms with E-state index in [-0.39, 0.29) is 34.1 Å². The minimum absolute atomic E-state index is 0. The Morgan fingerprint density at radius 2 is 0.882 bits per heavy atom. The molecule has 0 N–H and O–H groups in total. The Labute approximate surface area is 261 Å². The summed E-state index contributed by atoms with van der Waals surface area (Å²) in [5.74, 6) is 2.59. The summed E-state index contributed by atoms with van der Waals surface area (Å²) in [6.45, 7) is 5.40. The average Bonchev–Trinajstić information content (AvgIpc) is 3.60. The van der Waals surface area contributed by atoms with Crippen molar-refractivity contribution in [3.8, 4) is 0 Å². The monoisotopic (exact) mass is 759 g/mol. The molecule has 20 radical (unpaired) electrons. The predicted molar refractivity (Wildman–Crippen MR) is 155 cm³/mol. The third kappa shape index (κ3) is 18.2. The molecule has 0 saturated heterocycles. The Morgan fingerprint density at radius 1 is 0.588 bits per heavy atom. The Kier molecular flexibility index (Phi) is 25.4. The topological polar surface area (TPSA) is 3.24 Å². The van der Waals surface area contributed by atoms with Crippen LogP contribution in [0.1, 0.15) is 13.3 Å². The number of hydrogen-bond acceptors (Lipinski definition) is 1. The first-order valence-electron chi connectivity index (χ1n) is 10.9. The molecule has 5 heteroatoms. The van der Waals surface area contributed by atoms with Gasteiger partial charge in [-0.2, -0.15) is 0 Å². The Morgan fingerprint density at radius 3 is 1.15 bits per heavy atom. The van der Waals surface area contributed by atoms with Gasteiger partial charge >= 0.3 is 34.1 Å². The van der Waals surface area contributed by atoms with Gasteiger partial charge in [0.05, 0.1) is 0 Å². The molecule has 0 aromatic rings. The molecule has 4 saturated carbocycles. The van der Waals surface area contributed by atoms with Crippen molar-refractivity contribution >= 4 is 45.2 Å². The second-order valence-electron chi connectivity index (χ2n) is 7.25. The van der Waals surface area contributed by atoms with E-state index in [0.717, 1.165) is 19.6 Å². The van der Waals surface area contributed by atoms with Crippen LogP contribution >= 0.6 is 45.2 Å². The van der Waals surface area contributed by atoms with Gasteiger partial charge in [0.15, 0.2) is 0 Å². The van der Waals surface area contributed by atoms with Gasteiger partial charge in [-0.25, -0.2) is 0 Å². The van der Waals surface area contributed by atoms with Gasteiger partial charge in [-0.1, -0.05) is 19.1 Å². The summed E-state index contributed by atoms with van der Waals surface area (Å²) in [6.07, 6.45) is 42.7. The number of hydrogen-bond donors (Lipinski definition) is 0. The SMILES string of the molecule is CCCN(C/C(I)=C/[C]1[CH][CH][CH][CH]1)C/C(I)=C/[C]1[CH][CH][CH][CH]1.[CH]1[CH][CH][CH][CH]1.[CH]1[CH][CH][CH][CH]1.[Fe+2].[Fe+2]. The molecule has 4 aliphatic rings. The quantitative estimate of drug-likeness (QED) is 0.187. The van der Waals surface area contributed by atoms with Crippen LogP contribution < -0.4 is 0 Å². The molecule has 1 nitrogen and oxygen atoms in total. The second-order valence-corrected chi connectivity index (χ2v) is 10.0. The van der Waals surface area contributed by atoms with Crippen LogP contribution in [0.3, 0.4) is 0 Å². The molecule has 0 unspecified atom stereocenters. The minimum atomic E-state index is 0. The molecule has 0 aromatic heterocycles. The predicted octanol–water partition coefficient (Wildman–Crippen LogP) is 7.18. The first-order valence-corrected chi connectivity index (χ1v) is 13.0. The largest absolute Gasteiger partial charge is 2.00 e. The van der Waals surface area contributed by atoms with Gasteiger partial charge < -0.3 is 0 Å². The molecule has 34 heavy (non-hydrogen) atoms. The maximum Gasteiger partial charge on any atom is 2.00 e. The van der Waals surface area contributed by atoms with E-state index in [0.29, 0.717) is 0 Å². The van der Waals surface area contributed by atoms with Crippen LogP contribution in [0.5, 0.6) is 0 Å².